The second-order valence-corrected chi connectivity index (χ2v) is 9.47. The Kier molecular flexibility index (Phi) is 5.66. The quantitative estimate of drug-likeness (QED) is 0.656. The molecule has 0 radical (unpaired) electrons. The van der Waals surface area contributed by atoms with Crippen molar-refractivity contribution in [1.82, 2.24) is 9.88 Å². The second-order valence-electron chi connectivity index (χ2n) is 8.39. The molecule has 0 spiro atoms. The fourth-order valence-corrected chi connectivity index (χ4v) is 5.47. The molecule has 0 saturated carbocycles. The van der Waals surface area contributed by atoms with Crippen LogP contribution in [0.3, 0.4) is 0 Å². The summed E-state index contributed by atoms with van der Waals surface area (Å²) in [5.74, 6) is -0.204. The lowest BCUT2D eigenvalue weighted by Crippen LogP contribution is -2.50. The highest BCUT2D eigenvalue weighted by Gasteiger charge is 2.36. The molecule has 1 aliphatic heterocycles. The third kappa shape index (κ3) is 4.12. The SMILES string of the molecule is Cc1ccc(C(=O)Nc2nc3c(s2)CC[C@H]3C(=O)N2CCN(c3ccccc3)CC2)cc1. The smallest absolute Gasteiger partial charge is 0.257 e. The van der Waals surface area contributed by atoms with Crippen LogP contribution in [-0.4, -0.2) is 47.9 Å². The van der Waals surface area contributed by atoms with Crippen LogP contribution < -0.4 is 10.2 Å². The number of thiazole rings is 1. The number of benzene rings is 2. The van der Waals surface area contributed by atoms with Gasteiger partial charge in [0.2, 0.25) is 5.91 Å². The van der Waals surface area contributed by atoms with Gasteiger partial charge in [-0.05, 0) is 44.0 Å². The molecule has 0 unspecified atom stereocenters. The summed E-state index contributed by atoms with van der Waals surface area (Å²) >= 11 is 1.49. The van der Waals surface area contributed by atoms with Gasteiger partial charge in [0, 0.05) is 42.3 Å². The average Bonchev–Trinajstić information content (AvgIpc) is 3.40. The first-order valence-corrected chi connectivity index (χ1v) is 11.9. The zero-order valence-electron chi connectivity index (χ0n) is 18.1. The maximum Gasteiger partial charge on any atom is 0.257 e. The minimum absolute atomic E-state index is 0.165. The molecule has 2 aliphatic rings. The third-order valence-electron chi connectivity index (χ3n) is 6.26. The largest absolute Gasteiger partial charge is 0.368 e. The Hall–Kier alpha value is -3.19. The van der Waals surface area contributed by atoms with Crippen LogP contribution in [0.15, 0.2) is 54.6 Å². The van der Waals surface area contributed by atoms with E-state index in [2.05, 4.69) is 27.3 Å². The highest BCUT2D eigenvalue weighted by molar-refractivity contribution is 7.16. The van der Waals surface area contributed by atoms with Gasteiger partial charge >= 0.3 is 0 Å². The number of hydrogen-bond donors (Lipinski definition) is 1. The molecule has 1 N–H and O–H groups in total. The summed E-state index contributed by atoms with van der Waals surface area (Å²) in [6, 6.07) is 17.8. The van der Waals surface area contributed by atoms with Crippen LogP contribution in [0.1, 0.15) is 38.8 Å². The van der Waals surface area contributed by atoms with Gasteiger partial charge in [-0.25, -0.2) is 4.98 Å². The zero-order valence-corrected chi connectivity index (χ0v) is 18.9. The van der Waals surface area contributed by atoms with E-state index in [0.717, 1.165) is 55.2 Å². The molecule has 32 heavy (non-hydrogen) atoms. The first-order valence-electron chi connectivity index (χ1n) is 11.0. The van der Waals surface area contributed by atoms with Gasteiger partial charge in [0.1, 0.15) is 0 Å². The summed E-state index contributed by atoms with van der Waals surface area (Å²) in [7, 11) is 0. The van der Waals surface area contributed by atoms with Gasteiger partial charge in [-0.1, -0.05) is 35.9 Å². The summed E-state index contributed by atoms with van der Waals surface area (Å²) in [6.07, 6.45) is 1.64. The number of hydrogen-bond acceptors (Lipinski definition) is 5. The van der Waals surface area contributed by atoms with Crippen molar-refractivity contribution in [2.45, 2.75) is 25.7 Å². The molecule has 2 aromatic carbocycles. The molecule has 5 rings (SSSR count). The maximum absolute atomic E-state index is 13.3. The molecule has 1 saturated heterocycles. The maximum atomic E-state index is 13.3. The van der Waals surface area contributed by atoms with Crippen LogP contribution in [0.2, 0.25) is 0 Å². The normalized spacial score (nSPS) is 17.8. The minimum Gasteiger partial charge on any atom is -0.368 e. The van der Waals surface area contributed by atoms with E-state index in [9.17, 15) is 9.59 Å². The number of anilines is 2. The van der Waals surface area contributed by atoms with Gasteiger partial charge in [-0.2, -0.15) is 0 Å². The van der Waals surface area contributed by atoms with Crippen LogP contribution in [0, 0.1) is 6.92 Å². The first-order chi connectivity index (χ1) is 15.6. The van der Waals surface area contributed by atoms with Gasteiger partial charge in [-0.15, -0.1) is 11.3 Å². The molecule has 2 amide bonds. The molecule has 1 fully saturated rings. The Morgan fingerprint density at radius 3 is 2.44 bits per heavy atom. The zero-order chi connectivity index (χ0) is 22.1. The second kappa shape index (κ2) is 8.74. The summed E-state index contributed by atoms with van der Waals surface area (Å²) in [4.78, 5) is 35.9. The number of aryl methyl sites for hydroxylation is 2. The molecule has 164 valence electrons. The Labute approximate surface area is 191 Å². The summed E-state index contributed by atoms with van der Waals surface area (Å²) < 4.78 is 0. The number of fused-ring (bicyclic) bond motifs is 1. The first kappa shape index (κ1) is 20.7. The van der Waals surface area contributed by atoms with E-state index in [1.165, 1.54) is 17.0 Å². The summed E-state index contributed by atoms with van der Waals surface area (Å²) in [5.41, 5.74) is 3.77. The number of nitrogens with one attached hydrogen (secondary N) is 1. The van der Waals surface area contributed by atoms with E-state index in [1.54, 1.807) is 0 Å². The number of nitrogens with zero attached hydrogens (tertiary/aromatic N) is 3. The lowest BCUT2D eigenvalue weighted by Gasteiger charge is -2.37. The lowest BCUT2D eigenvalue weighted by atomic mass is 10.1. The molecule has 7 heteroatoms. The Bertz CT molecular complexity index is 1120. The highest BCUT2D eigenvalue weighted by Crippen LogP contribution is 2.39. The molecule has 3 aromatic rings. The lowest BCUT2D eigenvalue weighted by molar-refractivity contribution is -0.133. The Morgan fingerprint density at radius 2 is 1.72 bits per heavy atom. The van der Waals surface area contributed by atoms with Crippen LogP contribution in [0.5, 0.6) is 0 Å². The number of carbonyl (C=O) groups excluding carboxylic acids is 2. The fourth-order valence-electron chi connectivity index (χ4n) is 4.44. The van der Waals surface area contributed by atoms with Crippen molar-refractivity contribution >= 4 is 34.0 Å². The van der Waals surface area contributed by atoms with Gasteiger partial charge in [0.25, 0.3) is 5.91 Å². The van der Waals surface area contributed by atoms with Crippen molar-refractivity contribution in [2.24, 2.45) is 0 Å². The fraction of sp³-hybridized carbons (Fsp3) is 0.320. The highest BCUT2D eigenvalue weighted by atomic mass is 32.1. The van der Waals surface area contributed by atoms with Gasteiger partial charge in [0.05, 0.1) is 11.6 Å². The standard InChI is InChI=1S/C25H26N4O2S/c1-17-7-9-18(10-8-17)23(30)27-25-26-22-20(11-12-21(22)32-25)24(31)29-15-13-28(14-16-29)19-5-3-2-4-6-19/h2-10,20H,11-16H2,1H3,(H,26,27,30)/t20-/m1/s1. The van der Waals surface area contributed by atoms with E-state index in [-0.39, 0.29) is 17.7 Å². The van der Waals surface area contributed by atoms with Crippen molar-refractivity contribution in [3.63, 3.8) is 0 Å². The number of piperazine rings is 1. The molecule has 1 aromatic heterocycles. The van der Waals surface area contributed by atoms with Crippen LogP contribution in [0.25, 0.3) is 0 Å². The molecule has 1 atom stereocenters. The van der Waals surface area contributed by atoms with E-state index in [0.29, 0.717) is 10.7 Å². The van der Waals surface area contributed by atoms with Gasteiger partial charge in [0.15, 0.2) is 5.13 Å². The average molecular weight is 447 g/mol. The Morgan fingerprint density at radius 1 is 1.00 bits per heavy atom. The number of aromatic nitrogens is 1. The van der Waals surface area contributed by atoms with E-state index < -0.39 is 0 Å². The number of amides is 2. The van der Waals surface area contributed by atoms with E-state index >= 15 is 0 Å². The number of rotatable bonds is 4. The van der Waals surface area contributed by atoms with E-state index in [1.807, 2.05) is 54.3 Å². The predicted molar refractivity (Wildman–Crippen MR) is 128 cm³/mol. The van der Waals surface area contributed by atoms with Gasteiger partial charge < -0.3 is 9.80 Å². The number of carbonyl (C=O) groups is 2. The van der Waals surface area contributed by atoms with E-state index in [4.69, 9.17) is 0 Å². The molecule has 2 heterocycles. The van der Waals surface area contributed by atoms with Crippen molar-refractivity contribution in [1.29, 1.82) is 0 Å². The predicted octanol–water partition coefficient (Wildman–Crippen LogP) is 4.08. The van der Waals surface area contributed by atoms with Crippen LogP contribution in [-0.2, 0) is 11.2 Å². The summed E-state index contributed by atoms with van der Waals surface area (Å²) in [5, 5.41) is 3.48. The molecular formula is C25H26N4O2S. The molecule has 0 bridgehead atoms. The number of para-hydroxylation sites is 1. The minimum atomic E-state index is -0.199. The van der Waals surface area contributed by atoms with Crippen molar-refractivity contribution in [3.05, 3.63) is 76.3 Å². The molecule has 6 nitrogen and oxygen atoms in total. The van der Waals surface area contributed by atoms with Crippen molar-refractivity contribution in [3.8, 4) is 0 Å². The van der Waals surface area contributed by atoms with Crippen LogP contribution in [0.4, 0.5) is 10.8 Å². The summed E-state index contributed by atoms with van der Waals surface area (Å²) in [6.45, 7) is 5.11. The topological polar surface area (TPSA) is 65.5 Å². The Balaban J connectivity index is 1.23. The monoisotopic (exact) mass is 446 g/mol. The van der Waals surface area contributed by atoms with Crippen molar-refractivity contribution in [2.75, 3.05) is 36.4 Å². The van der Waals surface area contributed by atoms with Crippen LogP contribution >= 0.6 is 11.3 Å². The third-order valence-corrected chi connectivity index (χ3v) is 7.31. The molecular weight excluding hydrogens is 420 g/mol. The molecule has 1 aliphatic carbocycles. The van der Waals surface area contributed by atoms with Crippen molar-refractivity contribution < 1.29 is 9.59 Å². The van der Waals surface area contributed by atoms with Gasteiger partial charge in [-0.3, -0.25) is 14.9 Å².